The predicted molar refractivity (Wildman–Crippen MR) is 199 cm³/mol. The van der Waals surface area contributed by atoms with Crippen molar-refractivity contribution in [2.45, 2.75) is 124 Å². The van der Waals surface area contributed by atoms with Crippen LogP contribution >= 0.6 is 0 Å². The van der Waals surface area contributed by atoms with E-state index in [1.807, 2.05) is 53.7 Å². The van der Waals surface area contributed by atoms with Crippen LogP contribution < -0.4 is 5.32 Å². The zero-order valence-corrected chi connectivity index (χ0v) is 32.9. The van der Waals surface area contributed by atoms with Gasteiger partial charge in [-0.15, -0.1) is 0 Å². The minimum Gasteiger partial charge on any atom is -0.444 e. The van der Waals surface area contributed by atoms with Gasteiger partial charge >= 0.3 is 12.0 Å². The summed E-state index contributed by atoms with van der Waals surface area (Å²) in [6.45, 7) is 19.9. The molecule has 0 fully saturated rings. The number of ether oxygens (including phenoxy) is 1. The molecule has 3 heterocycles. The highest BCUT2D eigenvalue weighted by atomic mass is 28.4. The van der Waals surface area contributed by atoms with Crippen LogP contribution in [0.25, 0.3) is 16.6 Å². The van der Waals surface area contributed by atoms with Crippen molar-refractivity contribution in [1.29, 1.82) is 0 Å². The number of aryl methyl sites for hydroxylation is 1. The third kappa shape index (κ3) is 9.73. The normalized spacial score (nSPS) is 14.7. The second-order valence-corrected chi connectivity index (χ2v) is 19.1. The molecule has 51 heavy (non-hydrogen) atoms. The molecule has 0 saturated carbocycles. The van der Waals surface area contributed by atoms with Crippen molar-refractivity contribution in [1.82, 2.24) is 19.9 Å². The fourth-order valence-electron chi connectivity index (χ4n) is 6.14. The largest absolute Gasteiger partial charge is 0.444 e. The van der Waals surface area contributed by atoms with Crippen molar-refractivity contribution >= 4 is 43.1 Å². The first-order chi connectivity index (χ1) is 23.8. The summed E-state index contributed by atoms with van der Waals surface area (Å²) in [6.07, 6.45) is 4.70. The first kappa shape index (κ1) is 41.6. The number of nitrogens with zero attached hydrogens (tertiary/aromatic N) is 4. The Bertz CT molecular complexity index is 1720. The summed E-state index contributed by atoms with van der Waals surface area (Å²) >= 11 is 0. The molecule has 0 aliphatic carbocycles. The summed E-state index contributed by atoms with van der Waals surface area (Å²) in [4.78, 5) is 36.6. The fourth-order valence-corrected chi connectivity index (χ4v) is 9.28. The van der Waals surface area contributed by atoms with Crippen LogP contribution in [0, 0.1) is 12.7 Å². The molecule has 13 heteroatoms. The van der Waals surface area contributed by atoms with Crippen LogP contribution in [0.2, 0.25) is 18.1 Å². The second kappa shape index (κ2) is 16.7. The molecule has 1 N–H and O–H groups in total. The maximum Gasteiger partial charge on any atom is 0.410 e. The second-order valence-electron chi connectivity index (χ2n) is 14.4. The van der Waals surface area contributed by atoms with Crippen LogP contribution in [0.3, 0.4) is 0 Å². The van der Waals surface area contributed by atoms with Crippen molar-refractivity contribution in [3.8, 4) is 0 Å². The SMILES string of the molecule is CC=O.CC[Si](CC)(CC)OC(C)(C)C(F)(F)c1cccc([C@@H](C)Nc2nc(C)nc3ncc(C4=CCN(C(=O)OC(C)(C)C)CC4)cc23)c1F. The average molecular weight is 730 g/mol. The summed E-state index contributed by atoms with van der Waals surface area (Å²) in [6, 6.07) is 7.41. The van der Waals surface area contributed by atoms with Gasteiger partial charge in [0.25, 0.3) is 0 Å². The molecule has 0 saturated heterocycles. The summed E-state index contributed by atoms with van der Waals surface area (Å²) in [5.74, 6) is -3.70. The molecular formula is C38H54F3N5O4Si. The van der Waals surface area contributed by atoms with Gasteiger partial charge in [-0.1, -0.05) is 39.0 Å². The van der Waals surface area contributed by atoms with E-state index >= 15 is 13.2 Å². The molecule has 0 spiro atoms. The monoisotopic (exact) mass is 729 g/mol. The number of benzene rings is 1. The lowest BCUT2D eigenvalue weighted by Crippen LogP contribution is -2.52. The number of aldehydes is 1. The molecule has 0 unspecified atom stereocenters. The third-order valence-electron chi connectivity index (χ3n) is 9.24. The molecule has 0 radical (unpaired) electrons. The molecule has 4 rings (SSSR count). The van der Waals surface area contributed by atoms with Crippen molar-refractivity contribution < 1.29 is 31.9 Å². The minimum atomic E-state index is -3.59. The molecule has 1 amide bonds. The molecule has 1 aromatic carbocycles. The van der Waals surface area contributed by atoms with Crippen LogP contribution in [0.5, 0.6) is 0 Å². The van der Waals surface area contributed by atoms with Gasteiger partial charge in [0.05, 0.1) is 17.0 Å². The van der Waals surface area contributed by atoms with Crippen LogP contribution in [0.1, 0.15) is 104 Å². The zero-order valence-electron chi connectivity index (χ0n) is 31.9. The highest BCUT2D eigenvalue weighted by molar-refractivity contribution is 6.73. The van der Waals surface area contributed by atoms with Crippen molar-refractivity contribution in [2.75, 3.05) is 18.4 Å². The van der Waals surface area contributed by atoms with E-state index in [4.69, 9.17) is 14.0 Å². The molecule has 1 aliphatic rings. The van der Waals surface area contributed by atoms with E-state index in [0.717, 1.165) is 23.5 Å². The smallest absolute Gasteiger partial charge is 0.410 e. The number of hydrogen-bond donors (Lipinski definition) is 1. The van der Waals surface area contributed by atoms with Crippen LogP contribution in [-0.4, -0.2) is 64.8 Å². The molecule has 1 aliphatic heterocycles. The molecule has 3 aromatic rings. The van der Waals surface area contributed by atoms with E-state index in [0.29, 0.717) is 60.3 Å². The van der Waals surface area contributed by atoms with Crippen LogP contribution in [0.15, 0.2) is 36.5 Å². The lowest BCUT2D eigenvalue weighted by atomic mass is 9.91. The Morgan fingerprint density at radius 3 is 2.27 bits per heavy atom. The number of carbonyl (C=O) groups is 2. The number of pyridine rings is 1. The fraction of sp³-hybridized carbons (Fsp3) is 0.553. The topological polar surface area (TPSA) is 107 Å². The van der Waals surface area contributed by atoms with Crippen molar-refractivity contribution in [3.63, 3.8) is 0 Å². The number of alkyl halides is 2. The van der Waals surface area contributed by atoms with Crippen LogP contribution in [-0.2, 0) is 19.9 Å². The Morgan fingerprint density at radius 2 is 1.73 bits per heavy atom. The molecule has 1 atom stereocenters. The van der Waals surface area contributed by atoms with Gasteiger partial charge in [-0.2, -0.15) is 8.78 Å². The lowest BCUT2D eigenvalue weighted by molar-refractivity contribution is -0.161. The van der Waals surface area contributed by atoms with Crippen LogP contribution in [0.4, 0.5) is 23.8 Å². The predicted octanol–water partition coefficient (Wildman–Crippen LogP) is 9.77. The van der Waals surface area contributed by atoms with Gasteiger partial charge in [0.2, 0.25) is 0 Å². The highest BCUT2D eigenvalue weighted by Gasteiger charge is 2.54. The Balaban J connectivity index is 0.00000226. The highest BCUT2D eigenvalue weighted by Crippen LogP contribution is 2.46. The standard InChI is InChI=1S/C36H50F3N5O3Si.C2H4O/c1-11-48(12-2,13-3)47-35(9,10)36(38,39)29-16-14-15-27(30(29)37)23(4)41-32-28-21-26(22-40-31(28)42-24(5)43-32)25-17-19-44(20-18-25)33(45)46-34(6,7)8;1-2-3/h14-17,21-23H,11-13,18-20H2,1-10H3,(H,40,41,42,43);2H,1H3/t23-;/m1./s1. The first-order valence-electron chi connectivity index (χ1n) is 17.6. The van der Waals surface area contributed by atoms with E-state index in [1.165, 1.54) is 32.9 Å². The zero-order chi connectivity index (χ0) is 38.4. The number of nitrogens with one attached hydrogen (secondary N) is 1. The lowest BCUT2D eigenvalue weighted by Gasteiger charge is -2.42. The molecule has 2 aromatic heterocycles. The summed E-state index contributed by atoms with van der Waals surface area (Å²) in [5, 5.41) is 3.86. The Morgan fingerprint density at radius 1 is 1.10 bits per heavy atom. The maximum absolute atomic E-state index is 16.2. The Hall–Kier alpha value is -3.84. The van der Waals surface area contributed by atoms with Gasteiger partial charge in [0.1, 0.15) is 34.9 Å². The van der Waals surface area contributed by atoms with Gasteiger partial charge in [-0.3, -0.25) is 0 Å². The maximum atomic E-state index is 16.2. The number of hydrogen-bond acceptors (Lipinski definition) is 8. The average Bonchev–Trinajstić information content (AvgIpc) is 3.06. The van der Waals surface area contributed by atoms with Crippen molar-refractivity contribution in [3.05, 3.63) is 64.9 Å². The Labute approximate surface area is 301 Å². The molecule has 280 valence electrons. The number of anilines is 1. The van der Waals surface area contributed by atoms with E-state index in [2.05, 4.69) is 20.3 Å². The number of fused-ring (bicyclic) bond motifs is 1. The Kier molecular flexibility index (Phi) is 13.6. The molecule has 9 nitrogen and oxygen atoms in total. The summed E-state index contributed by atoms with van der Waals surface area (Å²) < 4.78 is 60.3. The van der Waals surface area contributed by atoms with Gasteiger partial charge in [0, 0.05) is 24.8 Å². The summed E-state index contributed by atoms with van der Waals surface area (Å²) in [7, 11) is -2.43. The quantitative estimate of drug-likeness (QED) is 0.154. The van der Waals surface area contributed by atoms with E-state index in [9.17, 15) is 4.79 Å². The molecule has 0 bridgehead atoms. The van der Waals surface area contributed by atoms with Crippen molar-refractivity contribution in [2.24, 2.45) is 0 Å². The van der Waals surface area contributed by atoms with Gasteiger partial charge in [-0.25, -0.2) is 24.1 Å². The minimum absolute atomic E-state index is 0.0821. The van der Waals surface area contributed by atoms with E-state index < -0.39 is 42.9 Å². The molecular weight excluding hydrogens is 676 g/mol. The third-order valence-corrected chi connectivity index (χ3v) is 14.1. The number of aromatic nitrogens is 3. The van der Waals surface area contributed by atoms with E-state index in [1.54, 1.807) is 24.9 Å². The number of carbonyl (C=O) groups excluding carboxylic acids is 2. The van der Waals surface area contributed by atoms with Gasteiger partial charge < -0.3 is 24.2 Å². The number of halogens is 3. The first-order valence-corrected chi connectivity index (χ1v) is 20.2. The number of rotatable bonds is 11. The summed E-state index contributed by atoms with van der Waals surface area (Å²) in [5.41, 5.74) is -0.795. The number of amides is 1. The van der Waals surface area contributed by atoms with E-state index in [-0.39, 0.29) is 11.7 Å². The van der Waals surface area contributed by atoms with Gasteiger partial charge in [0.15, 0.2) is 14.0 Å². The van der Waals surface area contributed by atoms with Gasteiger partial charge in [-0.05, 0) is 103 Å².